The maximum atomic E-state index is 13.5. The van der Waals surface area contributed by atoms with E-state index >= 15 is 0 Å². The minimum absolute atomic E-state index is 0.0388. The normalized spacial score (nSPS) is 9.79. The summed E-state index contributed by atoms with van der Waals surface area (Å²) in [7, 11) is 1.23. The first-order valence-electron chi connectivity index (χ1n) is 4.97. The number of hydrogen-bond acceptors (Lipinski definition) is 5. The molecule has 2 aromatic rings. The summed E-state index contributed by atoms with van der Waals surface area (Å²) in [6, 6.07) is 4.09. The van der Waals surface area contributed by atoms with Crippen molar-refractivity contribution < 1.29 is 14.1 Å². The molecule has 96 valence electrons. The van der Waals surface area contributed by atoms with Crippen LogP contribution in [0, 0.1) is 27.2 Å². The Labute approximate surface area is 105 Å². The summed E-state index contributed by atoms with van der Waals surface area (Å²) in [5.74, 6) is -0.848. The minimum atomic E-state index is -0.713. The van der Waals surface area contributed by atoms with Crippen LogP contribution in [0.3, 0.4) is 0 Å². The second-order valence-electron chi connectivity index (χ2n) is 3.48. The van der Waals surface area contributed by atoms with E-state index in [4.69, 9.17) is 4.74 Å². The zero-order chi connectivity index (χ0) is 14.0. The Morgan fingerprint density at radius 2 is 2.26 bits per heavy atom. The Kier molecular flexibility index (Phi) is 3.12. The van der Waals surface area contributed by atoms with E-state index in [0.717, 1.165) is 18.3 Å². The number of hydrogen-bond donors (Lipinski definition) is 0. The molecule has 0 fully saturated rings. The highest BCUT2D eigenvalue weighted by Gasteiger charge is 2.23. The zero-order valence-corrected chi connectivity index (χ0v) is 9.58. The molecule has 0 N–H and O–H groups in total. The molecule has 2 rings (SSSR count). The van der Waals surface area contributed by atoms with Crippen molar-refractivity contribution in [3.05, 3.63) is 50.0 Å². The van der Waals surface area contributed by atoms with Gasteiger partial charge in [0.05, 0.1) is 29.1 Å². The maximum Gasteiger partial charge on any atom is 0.345 e. The predicted molar refractivity (Wildman–Crippen MR) is 64.6 cm³/mol. The number of ether oxygens (including phenoxy) is 1. The quantitative estimate of drug-likeness (QED) is 0.612. The first kappa shape index (κ1) is 12.5. The van der Waals surface area contributed by atoms with Crippen LogP contribution in [0.2, 0.25) is 0 Å². The van der Waals surface area contributed by atoms with E-state index in [1.54, 1.807) is 0 Å². The van der Waals surface area contributed by atoms with Crippen LogP contribution in [0.5, 0.6) is 5.75 Å². The fourth-order valence-corrected chi connectivity index (χ4v) is 1.66. The van der Waals surface area contributed by atoms with E-state index in [1.807, 2.05) is 6.07 Å². The van der Waals surface area contributed by atoms with E-state index in [-0.39, 0.29) is 22.2 Å². The standard InChI is InChI=1S/C11H6FN3O4/c1-19-10-2-7-9(3-8(10)12)13-4-6(5-14-16)11(7)15(17)18/h2-4H,1H3. The molecular formula is C11H6FN3O4. The van der Waals surface area contributed by atoms with Crippen LogP contribution < -0.4 is 4.74 Å². The molecule has 1 aromatic heterocycles. The maximum absolute atomic E-state index is 13.5. The third-order valence-corrected chi connectivity index (χ3v) is 2.46. The van der Waals surface area contributed by atoms with Gasteiger partial charge in [-0.3, -0.25) is 15.1 Å². The minimum Gasteiger partial charge on any atom is -0.498 e. The Hall–Kier alpha value is -2.95. The van der Waals surface area contributed by atoms with E-state index in [9.17, 15) is 19.7 Å². The number of halogens is 1. The zero-order valence-electron chi connectivity index (χ0n) is 9.58. The summed E-state index contributed by atoms with van der Waals surface area (Å²) >= 11 is 0. The van der Waals surface area contributed by atoms with Crippen molar-refractivity contribution in [2.75, 3.05) is 7.11 Å². The van der Waals surface area contributed by atoms with Crippen LogP contribution in [0.15, 0.2) is 18.3 Å². The lowest BCUT2D eigenvalue weighted by atomic mass is 10.1. The summed E-state index contributed by atoms with van der Waals surface area (Å²) in [4.78, 5) is 14.2. The van der Waals surface area contributed by atoms with Crippen molar-refractivity contribution in [1.82, 2.24) is 4.98 Å². The Morgan fingerprint density at radius 1 is 1.53 bits per heavy atom. The van der Waals surface area contributed by atoms with Gasteiger partial charge < -0.3 is 9.94 Å². The molecule has 0 atom stereocenters. The molecule has 1 heterocycles. The van der Waals surface area contributed by atoms with Gasteiger partial charge in [-0.05, 0) is 6.07 Å². The van der Waals surface area contributed by atoms with Gasteiger partial charge in [0.15, 0.2) is 17.1 Å². The van der Waals surface area contributed by atoms with Crippen LogP contribution in [0.25, 0.3) is 15.9 Å². The number of pyridine rings is 1. The molecule has 0 unspecified atom stereocenters. The van der Waals surface area contributed by atoms with Crippen molar-refractivity contribution in [1.29, 1.82) is 0 Å². The summed E-state index contributed by atoms with van der Waals surface area (Å²) in [6.45, 7) is 0. The smallest absolute Gasteiger partial charge is 0.345 e. The number of fused-ring (bicyclic) bond motifs is 1. The van der Waals surface area contributed by atoms with Crippen molar-refractivity contribution in [3.8, 4) is 11.8 Å². The Morgan fingerprint density at radius 3 is 2.84 bits per heavy atom. The molecule has 0 aliphatic rings. The van der Waals surface area contributed by atoms with Gasteiger partial charge in [-0.15, -0.1) is 0 Å². The highest BCUT2D eigenvalue weighted by atomic mass is 19.1. The highest BCUT2D eigenvalue weighted by Crippen LogP contribution is 2.32. The fourth-order valence-electron chi connectivity index (χ4n) is 1.66. The van der Waals surface area contributed by atoms with E-state index in [0.29, 0.717) is 0 Å². The van der Waals surface area contributed by atoms with Gasteiger partial charge in [0.1, 0.15) is 0 Å². The predicted octanol–water partition coefficient (Wildman–Crippen LogP) is 2.47. The van der Waals surface area contributed by atoms with Gasteiger partial charge in [0, 0.05) is 11.1 Å². The molecule has 8 heteroatoms. The number of aromatic nitrogens is 1. The molecular weight excluding hydrogens is 257 g/mol. The molecule has 0 spiro atoms. The lowest BCUT2D eigenvalue weighted by molar-refractivity contribution is -0.383. The molecule has 0 radical (unpaired) electrons. The molecule has 19 heavy (non-hydrogen) atoms. The summed E-state index contributed by atoms with van der Waals surface area (Å²) in [6.07, 6.45) is 1.04. The van der Waals surface area contributed by atoms with Crippen LogP contribution in [-0.4, -0.2) is 17.0 Å². The number of nitrogens with zero attached hydrogens (tertiary/aromatic N) is 3. The third kappa shape index (κ3) is 2.09. The number of benzene rings is 1. The number of nitro groups is 1. The van der Waals surface area contributed by atoms with Gasteiger partial charge in [-0.25, -0.2) is 4.39 Å². The van der Waals surface area contributed by atoms with E-state index in [1.165, 1.54) is 7.11 Å². The van der Waals surface area contributed by atoms with Gasteiger partial charge in [0.25, 0.3) is 0 Å². The largest absolute Gasteiger partial charge is 0.498 e. The van der Waals surface area contributed by atoms with Gasteiger partial charge in [-0.1, -0.05) is 0 Å². The lowest BCUT2D eigenvalue weighted by Gasteiger charge is -2.04. The lowest BCUT2D eigenvalue weighted by Crippen LogP contribution is -1.97. The number of methoxy groups -OCH3 is 1. The summed E-state index contributed by atoms with van der Waals surface area (Å²) in [5, 5.41) is 23.6. The van der Waals surface area contributed by atoms with Crippen molar-refractivity contribution >= 4 is 16.6 Å². The van der Waals surface area contributed by atoms with E-state index in [2.05, 4.69) is 9.99 Å². The van der Waals surface area contributed by atoms with Gasteiger partial charge >= 0.3 is 11.8 Å². The van der Waals surface area contributed by atoms with E-state index < -0.39 is 16.4 Å². The second-order valence-corrected chi connectivity index (χ2v) is 3.48. The van der Waals surface area contributed by atoms with Crippen LogP contribution in [0.4, 0.5) is 10.1 Å². The second kappa shape index (κ2) is 4.73. The molecule has 1 aromatic carbocycles. The first-order chi connectivity index (χ1) is 9.08. The molecule has 0 bridgehead atoms. The van der Waals surface area contributed by atoms with Crippen molar-refractivity contribution in [2.24, 2.45) is 0 Å². The van der Waals surface area contributed by atoms with Crippen LogP contribution in [0.1, 0.15) is 5.56 Å². The van der Waals surface area contributed by atoms with Gasteiger partial charge in [0.2, 0.25) is 0 Å². The molecule has 0 aliphatic carbocycles. The van der Waals surface area contributed by atoms with Crippen molar-refractivity contribution in [3.63, 3.8) is 0 Å². The van der Waals surface area contributed by atoms with Gasteiger partial charge in [-0.2, -0.15) is 0 Å². The fraction of sp³-hybridized carbons (Fsp3) is 0.0909. The average Bonchev–Trinajstić information content (AvgIpc) is 2.37. The average molecular weight is 263 g/mol. The number of rotatable bonds is 2. The highest BCUT2D eigenvalue weighted by molar-refractivity contribution is 5.91. The Bertz CT molecular complexity index is 736. The topological polar surface area (TPSA) is 92.7 Å². The third-order valence-electron chi connectivity index (χ3n) is 2.46. The first-order valence-corrected chi connectivity index (χ1v) is 4.97. The molecule has 0 saturated heterocycles. The summed E-state index contributed by atoms with van der Waals surface area (Å²) < 4.78 is 18.2. The molecule has 7 nitrogen and oxygen atoms in total. The van der Waals surface area contributed by atoms with Crippen molar-refractivity contribution in [2.45, 2.75) is 0 Å². The van der Waals surface area contributed by atoms with Crippen LogP contribution >= 0.6 is 0 Å². The summed E-state index contributed by atoms with van der Waals surface area (Å²) in [5.41, 5.74) is -0.537. The molecule has 0 aliphatic heterocycles. The molecule has 0 saturated carbocycles. The molecule has 0 amide bonds. The SMILES string of the molecule is COc1cc2c([N+](=O)[O-])c(C#[N+][O-])cnc2cc1F. The Balaban J connectivity index is 2.89. The monoisotopic (exact) mass is 263 g/mol. The van der Waals surface area contributed by atoms with Crippen LogP contribution in [-0.2, 0) is 0 Å².